The largest absolute Gasteiger partial charge is 0.351 e. The number of nitrogens with one attached hydrogen (secondary N) is 1. The molecule has 0 saturated carbocycles. The van der Waals surface area contributed by atoms with Crippen molar-refractivity contribution in [2.45, 2.75) is 18.6 Å². The molecule has 0 unspecified atom stereocenters. The second kappa shape index (κ2) is 8.64. The van der Waals surface area contributed by atoms with Crippen LogP contribution in [-0.2, 0) is 11.3 Å². The Morgan fingerprint density at radius 1 is 1.06 bits per heavy atom. The Kier molecular flexibility index (Phi) is 5.55. The maximum Gasteiger partial charge on any atom is 0.230 e. The topological polar surface area (TPSA) is 76.6 Å². The molecule has 9 heteroatoms. The fourth-order valence-corrected chi connectivity index (χ4v) is 4.21. The summed E-state index contributed by atoms with van der Waals surface area (Å²) < 4.78 is 3.65. The Balaban J connectivity index is 1.30. The van der Waals surface area contributed by atoms with Gasteiger partial charge in [-0.25, -0.2) is 4.52 Å². The number of thioether (sulfide) groups is 1. The molecule has 160 valence electrons. The van der Waals surface area contributed by atoms with E-state index in [9.17, 15) is 4.79 Å². The first-order chi connectivity index (χ1) is 15.6. The molecule has 7 nitrogen and oxygen atoms in total. The Morgan fingerprint density at radius 2 is 1.84 bits per heavy atom. The number of benzene rings is 2. The van der Waals surface area contributed by atoms with Crippen molar-refractivity contribution in [3.8, 4) is 11.3 Å². The highest BCUT2D eigenvalue weighted by molar-refractivity contribution is 7.99. The standard InChI is InChI=1S/C23H19ClN6OS/c1-15-2-4-16(5-3-15)13-25-21(31)14-32-23-27-26-22-20-12-19(17-6-8-18(24)9-7-17)28-30(20)11-10-29(22)23/h2-12H,13-14H2,1H3,(H,25,31). The van der Waals surface area contributed by atoms with Crippen LogP contribution >= 0.6 is 23.4 Å². The highest BCUT2D eigenvalue weighted by atomic mass is 35.5. The molecule has 32 heavy (non-hydrogen) atoms. The predicted molar refractivity (Wildman–Crippen MR) is 126 cm³/mol. The van der Waals surface area contributed by atoms with E-state index in [2.05, 4.69) is 20.6 Å². The number of carbonyl (C=O) groups is 1. The lowest BCUT2D eigenvalue weighted by atomic mass is 10.1. The van der Waals surface area contributed by atoms with Crippen molar-refractivity contribution < 1.29 is 4.79 Å². The van der Waals surface area contributed by atoms with Crippen molar-refractivity contribution in [2.24, 2.45) is 0 Å². The van der Waals surface area contributed by atoms with Gasteiger partial charge in [0.2, 0.25) is 5.91 Å². The normalized spacial score (nSPS) is 11.3. The lowest BCUT2D eigenvalue weighted by molar-refractivity contribution is -0.118. The molecule has 0 radical (unpaired) electrons. The van der Waals surface area contributed by atoms with E-state index in [0.717, 1.165) is 22.3 Å². The Bertz CT molecular complexity index is 1410. The van der Waals surface area contributed by atoms with Gasteiger partial charge in [0.05, 0.1) is 11.4 Å². The van der Waals surface area contributed by atoms with E-state index < -0.39 is 0 Å². The Labute approximate surface area is 193 Å². The highest BCUT2D eigenvalue weighted by Gasteiger charge is 2.14. The number of fused-ring (bicyclic) bond motifs is 3. The molecule has 0 spiro atoms. The van der Waals surface area contributed by atoms with Crippen molar-refractivity contribution in [3.05, 3.63) is 83.1 Å². The monoisotopic (exact) mass is 462 g/mol. The maximum absolute atomic E-state index is 12.3. The molecule has 5 aromatic rings. The van der Waals surface area contributed by atoms with Crippen LogP contribution in [0, 0.1) is 6.92 Å². The van der Waals surface area contributed by atoms with Gasteiger partial charge < -0.3 is 5.32 Å². The second-order valence-electron chi connectivity index (χ2n) is 7.39. The minimum absolute atomic E-state index is 0.0530. The average molecular weight is 463 g/mol. The first kappa shape index (κ1) is 20.5. The molecule has 5 rings (SSSR count). The van der Waals surface area contributed by atoms with Crippen molar-refractivity contribution in [1.29, 1.82) is 0 Å². The Hall–Kier alpha value is -3.36. The summed E-state index contributed by atoms with van der Waals surface area (Å²) in [5, 5.41) is 17.5. The molecule has 0 aliphatic heterocycles. The van der Waals surface area contributed by atoms with Gasteiger partial charge in [0.25, 0.3) is 0 Å². The third-order valence-corrected chi connectivity index (χ3v) is 6.26. The first-order valence-corrected chi connectivity index (χ1v) is 11.4. The Morgan fingerprint density at radius 3 is 2.62 bits per heavy atom. The summed E-state index contributed by atoms with van der Waals surface area (Å²) in [7, 11) is 0. The van der Waals surface area contributed by atoms with Crippen LogP contribution in [-0.4, -0.2) is 35.9 Å². The number of rotatable bonds is 6. The number of amides is 1. The highest BCUT2D eigenvalue weighted by Crippen LogP contribution is 2.25. The number of aromatic nitrogens is 5. The van der Waals surface area contributed by atoms with Crippen LogP contribution in [0.2, 0.25) is 5.02 Å². The quantitative estimate of drug-likeness (QED) is 0.378. The second-order valence-corrected chi connectivity index (χ2v) is 8.77. The number of halogens is 1. The molecule has 1 amide bonds. The zero-order valence-electron chi connectivity index (χ0n) is 17.2. The summed E-state index contributed by atoms with van der Waals surface area (Å²) in [5.41, 5.74) is 5.57. The van der Waals surface area contributed by atoms with Gasteiger partial charge >= 0.3 is 0 Å². The summed E-state index contributed by atoms with van der Waals surface area (Å²) in [4.78, 5) is 12.3. The summed E-state index contributed by atoms with van der Waals surface area (Å²) in [5.74, 6) is 0.204. The van der Waals surface area contributed by atoms with Gasteiger partial charge in [-0.3, -0.25) is 9.20 Å². The van der Waals surface area contributed by atoms with Crippen molar-refractivity contribution in [2.75, 3.05) is 5.75 Å². The molecule has 0 bridgehead atoms. The maximum atomic E-state index is 12.3. The van der Waals surface area contributed by atoms with Crippen molar-refractivity contribution in [1.82, 2.24) is 29.5 Å². The fraction of sp³-hybridized carbons (Fsp3) is 0.130. The van der Waals surface area contributed by atoms with Crippen LogP contribution in [0.25, 0.3) is 22.4 Å². The summed E-state index contributed by atoms with van der Waals surface area (Å²) in [6.07, 6.45) is 3.71. The minimum Gasteiger partial charge on any atom is -0.351 e. The van der Waals surface area contributed by atoms with Gasteiger partial charge in [-0.15, -0.1) is 10.2 Å². The molecule has 0 aliphatic carbocycles. The SMILES string of the molecule is Cc1ccc(CNC(=O)CSc2nnc3c4cc(-c5ccc(Cl)cc5)nn4ccn23)cc1. The van der Waals surface area contributed by atoms with Crippen molar-refractivity contribution in [3.63, 3.8) is 0 Å². The van der Waals surface area contributed by atoms with Crippen LogP contribution in [0.4, 0.5) is 0 Å². The van der Waals surface area contributed by atoms with E-state index in [1.54, 1.807) is 4.52 Å². The number of hydrogen-bond donors (Lipinski definition) is 1. The van der Waals surface area contributed by atoms with E-state index in [-0.39, 0.29) is 11.7 Å². The zero-order chi connectivity index (χ0) is 22.1. The van der Waals surface area contributed by atoms with Crippen LogP contribution in [0.3, 0.4) is 0 Å². The van der Waals surface area contributed by atoms with Gasteiger partial charge in [0.15, 0.2) is 10.8 Å². The van der Waals surface area contributed by atoms with Gasteiger partial charge in [-0.05, 0) is 30.7 Å². The molecule has 2 aromatic carbocycles. The lowest BCUT2D eigenvalue weighted by Crippen LogP contribution is -2.24. The molecule has 0 aliphatic rings. The van der Waals surface area contributed by atoms with Crippen molar-refractivity contribution >= 4 is 40.4 Å². The zero-order valence-corrected chi connectivity index (χ0v) is 18.8. The number of aryl methyl sites for hydroxylation is 1. The van der Waals surface area contributed by atoms with Crippen LogP contribution < -0.4 is 5.32 Å². The molecule has 0 saturated heterocycles. The van der Waals surface area contributed by atoms with E-state index in [4.69, 9.17) is 11.6 Å². The molecule has 0 atom stereocenters. The molecular weight excluding hydrogens is 444 g/mol. The number of carbonyl (C=O) groups excluding carboxylic acids is 1. The summed E-state index contributed by atoms with van der Waals surface area (Å²) in [6, 6.07) is 17.6. The summed E-state index contributed by atoms with van der Waals surface area (Å²) in [6.45, 7) is 2.54. The van der Waals surface area contributed by atoms with Crippen LogP contribution in [0.1, 0.15) is 11.1 Å². The summed E-state index contributed by atoms with van der Waals surface area (Å²) >= 11 is 7.34. The lowest BCUT2D eigenvalue weighted by Gasteiger charge is -2.05. The van der Waals surface area contributed by atoms with E-state index in [0.29, 0.717) is 22.4 Å². The van der Waals surface area contributed by atoms with Gasteiger partial charge in [-0.1, -0.05) is 65.3 Å². The van der Waals surface area contributed by atoms with Gasteiger partial charge in [-0.2, -0.15) is 5.10 Å². The van der Waals surface area contributed by atoms with E-state index >= 15 is 0 Å². The van der Waals surface area contributed by atoms with E-state index in [1.807, 2.05) is 78.3 Å². The fourth-order valence-electron chi connectivity index (χ4n) is 3.34. The number of nitrogens with zero attached hydrogens (tertiary/aromatic N) is 5. The van der Waals surface area contributed by atoms with Gasteiger partial charge in [0.1, 0.15) is 5.52 Å². The van der Waals surface area contributed by atoms with Gasteiger partial charge in [0, 0.05) is 29.5 Å². The predicted octanol–water partition coefficient (Wildman–Crippen LogP) is 4.41. The molecule has 3 heterocycles. The molecular formula is C23H19ClN6OS. The molecule has 1 N–H and O–H groups in total. The third kappa shape index (κ3) is 4.19. The number of hydrogen-bond acceptors (Lipinski definition) is 5. The van der Waals surface area contributed by atoms with E-state index in [1.165, 1.54) is 17.3 Å². The smallest absolute Gasteiger partial charge is 0.230 e. The van der Waals surface area contributed by atoms with Crippen LogP contribution in [0.15, 0.2) is 72.1 Å². The first-order valence-electron chi connectivity index (χ1n) is 10.0. The average Bonchev–Trinajstić information content (AvgIpc) is 3.41. The third-order valence-electron chi connectivity index (χ3n) is 5.07. The van der Waals surface area contributed by atoms with Crippen LogP contribution in [0.5, 0.6) is 0 Å². The minimum atomic E-state index is -0.0530. The molecule has 3 aromatic heterocycles. The molecule has 0 fully saturated rings.